The van der Waals surface area contributed by atoms with Crippen molar-refractivity contribution >= 4 is 5.78 Å². The standard InChI is InChI=1S/C14H20O/c1-8-4-6-10-9-5-7-11(15)12(9)13(8)14(10,2)3/h5,7-10,12-13H,4,6H2,1-3H3/t8-,9-,10-,12+,13+/m1/s1. The molecule has 3 aliphatic rings. The summed E-state index contributed by atoms with van der Waals surface area (Å²) in [6, 6.07) is 0. The first-order valence-corrected chi connectivity index (χ1v) is 6.25. The molecule has 0 unspecified atom stereocenters. The third-order valence-corrected chi connectivity index (χ3v) is 5.44. The minimum Gasteiger partial charge on any atom is -0.295 e. The van der Waals surface area contributed by atoms with Crippen molar-refractivity contribution in [3.05, 3.63) is 12.2 Å². The van der Waals surface area contributed by atoms with Crippen LogP contribution in [0.2, 0.25) is 0 Å². The molecule has 0 spiro atoms. The van der Waals surface area contributed by atoms with Crippen LogP contribution in [0, 0.1) is 35.0 Å². The molecule has 2 bridgehead atoms. The van der Waals surface area contributed by atoms with Gasteiger partial charge >= 0.3 is 0 Å². The number of carbonyl (C=O) groups is 1. The van der Waals surface area contributed by atoms with E-state index in [9.17, 15) is 4.79 Å². The van der Waals surface area contributed by atoms with E-state index in [0.29, 0.717) is 29.0 Å². The number of ketones is 1. The van der Waals surface area contributed by atoms with Crippen molar-refractivity contribution in [2.45, 2.75) is 33.6 Å². The Labute approximate surface area is 91.9 Å². The molecule has 2 saturated carbocycles. The Morgan fingerprint density at radius 1 is 1.33 bits per heavy atom. The SMILES string of the molecule is C[C@@H]1CC[C@@H]2[C@H]3C=CC(=O)[C@H]3[C@H]1C2(C)C. The number of allylic oxidation sites excluding steroid dienone is 2. The largest absolute Gasteiger partial charge is 0.295 e. The number of rotatable bonds is 0. The first-order chi connectivity index (χ1) is 7.03. The lowest BCUT2D eigenvalue weighted by Gasteiger charge is -2.43. The van der Waals surface area contributed by atoms with E-state index in [0.717, 1.165) is 11.8 Å². The topological polar surface area (TPSA) is 17.1 Å². The molecule has 0 heterocycles. The molecule has 0 aromatic carbocycles. The molecule has 3 rings (SSSR count). The summed E-state index contributed by atoms with van der Waals surface area (Å²) in [7, 11) is 0. The van der Waals surface area contributed by atoms with Crippen LogP contribution in [0.4, 0.5) is 0 Å². The van der Waals surface area contributed by atoms with Gasteiger partial charge in [-0.3, -0.25) is 4.79 Å². The molecule has 1 heteroatoms. The van der Waals surface area contributed by atoms with Crippen molar-refractivity contribution in [3.8, 4) is 0 Å². The maximum Gasteiger partial charge on any atom is 0.159 e. The molecule has 0 saturated heterocycles. The molecule has 5 atom stereocenters. The maximum absolute atomic E-state index is 11.9. The van der Waals surface area contributed by atoms with Gasteiger partial charge < -0.3 is 0 Å². The number of carbonyl (C=O) groups excluding carboxylic acids is 1. The molecule has 82 valence electrons. The van der Waals surface area contributed by atoms with Gasteiger partial charge in [0, 0.05) is 5.92 Å². The Balaban J connectivity index is 2.08. The van der Waals surface area contributed by atoms with Crippen molar-refractivity contribution in [2.75, 3.05) is 0 Å². The molecule has 0 N–H and O–H groups in total. The van der Waals surface area contributed by atoms with Gasteiger partial charge in [-0.1, -0.05) is 33.3 Å². The van der Waals surface area contributed by atoms with Crippen LogP contribution in [0.3, 0.4) is 0 Å². The summed E-state index contributed by atoms with van der Waals surface area (Å²) in [5.41, 5.74) is 0.382. The molecule has 1 nitrogen and oxygen atoms in total. The van der Waals surface area contributed by atoms with Gasteiger partial charge in [0.05, 0.1) is 0 Å². The zero-order valence-corrected chi connectivity index (χ0v) is 9.86. The Kier molecular flexibility index (Phi) is 1.76. The zero-order chi connectivity index (χ0) is 10.8. The van der Waals surface area contributed by atoms with E-state index in [1.807, 2.05) is 6.08 Å². The van der Waals surface area contributed by atoms with Crippen LogP contribution in [-0.2, 0) is 4.79 Å². The second-order valence-electron chi connectivity index (χ2n) is 6.37. The lowest BCUT2D eigenvalue weighted by Crippen LogP contribution is -2.37. The van der Waals surface area contributed by atoms with Gasteiger partial charge in [0.15, 0.2) is 5.78 Å². The van der Waals surface area contributed by atoms with Crippen LogP contribution < -0.4 is 0 Å². The minimum absolute atomic E-state index is 0.336. The number of hydrogen-bond acceptors (Lipinski definition) is 1. The van der Waals surface area contributed by atoms with Crippen molar-refractivity contribution in [1.29, 1.82) is 0 Å². The predicted molar refractivity (Wildman–Crippen MR) is 60.3 cm³/mol. The summed E-state index contributed by atoms with van der Waals surface area (Å²) in [5.74, 6) is 3.43. The molecule has 0 aromatic heterocycles. The highest BCUT2D eigenvalue weighted by atomic mass is 16.1. The molecule has 0 amide bonds. The monoisotopic (exact) mass is 204 g/mol. The highest BCUT2D eigenvalue weighted by Gasteiger charge is 2.60. The summed E-state index contributed by atoms with van der Waals surface area (Å²) in [6.45, 7) is 7.12. The van der Waals surface area contributed by atoms with Crippen LogP contribution in [-0.4, -0.2) is 5.78 Å². The van der Waals surface area contributed by atoms with E-state index < -0.39 is 0 Å². The smallest absolute Gasteiger partial charge is 0.159 e. The fourth-order valence-corrected chi connectivity index (χ4v) is 4.91. The summed E-state index contributed by atoms with van der Waals surface area (Å²) < 4.78 is 0. The van der Waals surface area contributed by atoms with Gasteiger partial charge in [0.2, 0.25) is 0 Å². The van der Waals surface area contributed by atoms with Crippen LogP contribution in [0.1, 0.15) is 33.6 Å². The van der Waals surface area contributed by atoms with Gasteiger partial charge in [0.25, 0.3) is 0 Å². The lowest BCUT2D eigenvalue weighted by molar-refractivity contribution is -0.120. The van der Waals surface area contributed by atoms with Crippen molar-refractivity contribution in [2.24, 2.45) is 35.0 Å². The Hall–Kier alpha value is -0.590. The average molecular weight is 204 g/mol. The van der Waals surface area contributed by atoms with Gasteiger partial charge in [-0.15, -0.1) is 0 Å². The van der Waals surface area contributed by atoms with Gasteiger partial charge in [-0.05, 0) is 41.6 Å². The number of fused-ring (bicyclic) bond motifs is 5. The molecular formula is C14H20O. The summed E-state index contributed by atoms with van der Waals surface area (Å²) in [4.78, 5) is 11.9. The number of hydrogen-bond donors (Lipinski definition) is 0. The molecule has 0 aromatic rings. The van der Waals surface area contributed by atoms with Crippen molar-refractivity contribution in [3.63, 3.8) is 0 Å². The van der Waals surface area contributed by atoms with Crippen molar-refractivity contribution in [1.82, 2.24) is 0 Å². The fourth-order valence-electron chi connectivity index (χ4n) is 4.91. The third-order valence-electron chi connectivity index (χ3n) is 5.44. The van der Waals surface area contributed by atoms with Crippen molar-refractivity contribution < 1.29 is 4.79 Å². The van der Waals surface area contributed by atoms with Crippen LogP contribution >= 0.6 is 0 Å². The van der Waals surface area contributed by atoms with Crippen LogP contribution in [0.25, 0.3) is 0 Å². The Morgan fingerprint density at radius 3 is 2.80 bits per heavy atom. The quantitative estimate of drug-likeness (QED) is 0.592. The van der Waals surface area contributed by atoms with E-state index >= 15 is 0 Å². The molecule has 0 aliphatic heterocycles. The van der Waals surface area contributed by atoms with Crippen LogP contribution in [0.5, 0.6) is 0 Å². The van der Waals surface area contributed by atoms with Gasteiger partial charge in [0.1, 0.15) is 0 Å². The summed E-state index contributed by atoms with van der Waals surface area (Å²) in [6.07, 6.45) is 6.70. The first kappa shape index (κ1) is 9.62. The van der Waals surface area contributed by atoms with Gasteiger partial charge in [-0.2, -0.15) is 0 Å². The molecule has 0 radical (unpaired) electrons. The van der Waals surface area contributed by atoms with E-state index in [2.05, 4.69) is 26.8 Å². The van der Waals surface area contributed by atoms with E-state index in [-0.39, 0.29) is 0 Å². The highest BCUT2D eigenvalue weighted by molar-refractivity contribution is 5.95. The predicted octanol–water partition coefficient (Wildman–Crippen LogP) is 3.06. The second kappa shape index (κ2) is 2.75. The lowest BCUT2D eigenvalue weighted by atomic mass is 9.62. The average Bonchev–Trinajstić information content (AvgIpc) is 2.54. The zero-order valence-electron chi connectivity index (χ0n) is 9.86. The highest BCUT2D eigenvalue weighted by Crippen LogP contribution is 2.64. The van der Waals surface area contributed by atoms with Crippen LogP contribution in [0.15, 0.2) is 12.2 Å². The summed E-state index contributed by atoms with van der Waals surface area (Å²) >= 11 is 0. The molecule has 3 aliphatic carbocycles. The first-order valence-electron chi connectivity index (χ1n) is 6.25. The molecule has 2 fully saturated rings. The molecule has 15 heavy (non-hydrogen) atoms. The third kappa shape index (κ3) is 1.02. The summed E-state index contributed by atoms with van der Waals surface area (Å²) in [5, 5.41) is 0. The van der Waals surface area contributed by atoms with E-state index in [4.69, 9.17) is 0 Å². The normalized spacial score (nSPS) is 50.9. The van der Waals surface area contributed by atoms with Gasteiger partial charge in [-0.25, -0.2) is 0 Å². The maximum atomic E-state index is 11.9. The molecular weight excluding hydrogens is 184 g/mol. The Morgan fingerprint density at radius 2 is 2.07 bits per heavy atom. The Bertz CT molecular complexity index is 339. The fraction of sp³-hybridized carbons (Fsp3) is 0.786. The minimum atomic E-state index is 0.336. The second-order valence-corrected chi connectivity index (χ2v) is 6.37. The van der Waals surface area contributed by atoms with E-state index in [1.165, 1.54) is 12.8 Å². The van der Waals surface area contributed by atoms with E-state index in [1.54, 1.807) is 0 Å².